The van der Waals surface area contributed by atoms with Gasteiger partial charge in [0.15, 0.2) is 5.58 Å². The summed E-state index contributed by atoms with van der Waals surface area (Å²) in [6.07, 6.45) is -1.05. The lowest BCUT2D eigenvalue weighted by Crippen LogP contribution is -2.20. The molecule has 2 aromatic carbocycles. The first kappa shape index (κ1) is 15.7. The number of fused-ring (bicyclic) bond motifs is 1. The molecule has 0 atom stereocenters. The summed E-state index contributed by atoms with van der Waals surface area (Å²) in [6.45, 7) is 1.92. The molecule has 0 saturated carbocycles. The second kappa shape index (κ2) is 6.13. The van der Waals surface area contributed by atoms with Crippen LogP contribution in [-0.4, -0.2) is 16.1 Å². The monoisotopic (exact) mass is 427 g/mol. The third-order valence-electron chi connectivity index (χ3n) is 3.32. The number of oxazole rings is 1. The van der Waals surface area contributed by atoms with Crippen molar-refractivity contribution in [1.29, 1.82) is 0 Å². The van der Waals surface area contributed by atoms with Crippen LogP contribution in [0.15, 0.2) is 34.7 Å². The number of hydroxylamine groups is 1. The summed E-state index contributed by atoms with van der Waals surface area (Å²) in [4.78, 5) is 15.6. The number of carbonyl (C=O) groups excluding carboxylic acids is 1. The van der Waals surface area contributed by atoms with Crippen LogP contribution in [-0.2, 0) is 0 Å². The van der Waals surface area contributed by atoms with Gasteiger partial charge in [0, 0.05) is 9.26 Å². The van der Waals surface area contributed by atoms with Gasteiger partial charge in [-0.25, -0.2) is 5.48 Å². The van der Waals surface area contributed by atoms with E-state index in [1.807, 2.05) is 25.1 Å². The Labute approximate surface area is 143 Å². The molecular weight excluding hydrogens is 416 g/mol. The van der Waals surface area contributed by atoms with Crippen LogP contribution in [0.5, 0.6) is 0 Å². The number of anilines is 2. The van der Waals surface area contributed by atoms with E-state index in [9.17, 15) is 9.18 Å². The molecule has 0 radical (unpaired) electrons. The molecule has 1 aromatic heterocycles. The maximum Gasteiger partial charge on any atom is 0.382 e. The van der Waals surface area contributed by atoms with Crippen LogP contribution >= 0.6 is 22.6 Å². The van der Waals surface area contributed by atoms with Gasteiger partial charge in [-0.05, 0) is 65.4 Å². The van der Waals surface area contributed by atoms with E-state index in [4.69, 9.17) is 9.62 Å². The molecule has 0 bridgehead atoms. The highest BCUT2D eigenvalue weighted by atomic mass is 127. The minimum Gasteiger partial charge on any atom is -0.415 e. The number of aryl methyl sites for hydroxylation is 1. The fourth-order valence-electron chi connectivity index (χ4n) is 2.27. The summed E-state index contributed by atoms with van der Waals surface area (Å²) >= 11 is 2.20. The zero-order chi connectivity index (χ0) is 16.6. The van der Waals surface area contributed by atoms with Crippen molar-refractivity contribution in [3.05, 3.63) is 51.2 Å². The minimum absolute atomic E-state index is 0.00407. The Kier molecular flexibility index (Phi) is 4.18. The van der Waals surface area contributed by atoms with Crippen molar-refractivity contribution < 1.29 is 18.8 Å². The van der Waals surface area contributed by atoms with Crippen LogP contribution in [0, 0.1) is 16.6 Å². The van der Waals surface area contributed by atoms with Crippen molar-refractivity contribution in [1.82, 2.24) is 10.5 Å². The van der Waals surface area contributed by atoms with Crippen molar-refractivity contribution in [2.75, 3.05) is 5.32 Å². The fourth-order valence-corrected chi connectivity index (χ4v) is 2.92. The third kappa shape index (κ3) is 2.99. The van der Waals surface area contributed by atoms with E-state index in [-0.39, 0.29) is 16.7 Å². The Hall–Kier alpha value is -2.20. The Morgan fingerprint density at radius 1 is 1.30 bits per heavy atom. The largest absolute Gasteiger partial charge is 0.415 e. The zero-order valence-electron chi connectivity index (χ0n) is 11.9. The van der Waals surface area contributed by atoms with E-state index in [0.717, 1.165) is 14.8 Å². The molecule has 0 aliphatic heterocycles. The Morgan fingerprint density at radius 2 is 2.04 bits per heavy atom. The highest BCUT2D eigenvalue weighted by molar-refractivity contribution is 14.1. The number of nitrogens with zero attached hydrogens (tertiary/aromatic N) is 1. The van der Waals surface area contributed by atoms with E-state index >= 15 is 0 Å². The first-order chi connectivity index (χ1) is 11.0. The van der Waals surface area contributed by atoms with Gasteiger partial charge in [0.05, 0.1) is 11.3 Å². The topological polar surface area (TPSA) is 87.4 Å². The first-order valence-electron chi connectivity index (χ1n) is 6.56. The van der Waals surface area contributed by atoms with E-state index < -0.39 is 12.1 Å². The molecule has 0 aliphatic carbocycles. The molecular formula is C15H11FIN3O3. The van der Waals surface area contributed by atoms with E-state index in [2.05, 4.69) is 32.9 Å². The first-order valence-corrected chi connectivity index (χ1v) is 7.64. The van der Waals surface area contributed by atoms with Crippen molar-refractivity contribution in [3.8, 4) is 0 Å². The molecule has 0 spiro atoms. The number of hydrogen-bond acceptors (Lipinski definition) is 5. The minimum atomic E-state index is -1.05. The zero-order valence-corrected chi connectivity index (χ0v) is 14.0. The van der Waals surface area contributed by atoms with Gasteiger partial charge in [-0.3, -0.25) is 10.0 Å². The third-order valence-corrected chi connectivity index (χ3v) is 3.99. The predicted octanol–water partition coefficient (Wildman–Crippen LogP) is 3.74. The number of carbonyl (C=O) groups is 1. The maximum absolute atomic E-state index is 13.2. The summed E-state index contributed by atoms with van der Waals surface area (Å²) in [5.74, 6) is -0.811. The lowest BCUT2D eigenvalue weighted by Gasteiger charge is -2.13. The van der Waals surface area contributed by atoms with Gasteiger partial charge in [0.2, 0.25) is 0 Å². The van der Waals surface area contributed by atoms with E-state index in [1.165, 1.54) is 6.07 Å². The predicted molar refractivity (Wildman–Crippen MR) is 90.4 cm³/mol. The SMILES string of the molecule is Cc1cc(I)ccc1Nc1ccc2oc(F)nc2c1C(=O)NO. The summed E-state index contributed by atoms with van der Waals surface area (Å²) < 4.78 is 19.1. The van der Waals surface area contributed by atoms with Gasteiger partial charge < -0.3 is 9.73 Å². The van der Waals surface area contributed by atoms with Crippen molar-refractivity contribution in [2.45, 2.75) is 6.92 Å². The molecule has 6 nitrogen and oxygen atoms in total. The number of halogens is 2. The number of aromatic nitrogens is 1. The number of benzene rings is 2. The highest BCUT2D eigenvalue weighted by Crippen LogP contribution is 2.30. The molecule has 3 aromatic rings. The quantitative estimate of drug-likeness (QED) is 0.337. The molecule has 0 unspecified atom stereocenters. The van der Waals surface area contributed by atoms with Crippen molar-refractivity contribution in [3.63, 3.8) is 0 Å². The number of nitrogens with one attached hydrogen (secondary N) is 2. The smallest absolute Gasteiger partial charge is 0.382 e. The average molecular weight is 427 g/mol. The van der Waals surface area contributed by atoms with Gasteiger partial charge in [0.1, 0.15) is 5.52 Å². The lowest BCUT2D eigenvalue weighted by atomic mass is 10.1. The molecule has 23 heavy (non-hydrogen) atoms. The molecule has 0 aliphatic rings. The second-order valence-electron chi connectivity index (χ2n) is 4.83. The fraction of sp³-hybridized carbons (Fsp3) is 0.0667. The van der Waals surface area contributed by atoms with Crippen molar-refractivity contribution >= 4 is 51.0 Å². The molecule has 1 amide bonds. The molecule has 3 rings (SSSR count). The molecule has 118 valence electrons. The molecule has 0 fully saturated rings. The van der Waals surface area contributed by atoms with Gasteiger partial charge in [-0.2, -0.15) is 4.98 Å². The Balaban J connectivity index is 2.14. The average Bonchev–Trinajstić information content (AvgIpc) is 2.89. The number of amides is 1. The second-order valence-corrected chi connectivity index (χ2v) is 6.07. The normalized spacial score (nSPS) is 10.8. The number of rotatable bonds is 3. The van der Waals surface area contributed by atoms with Crippen LogP contribution in [0.3, 0.4) is 0 Å². The van der Waals surface area contributed by atoms with Gasteiger partial charge in [-0.15, -0.1) is 4.39 Å². The van der Waals surface area contributed by atoms with Crippen LogP contribution in [0.2, 0.25) is 0 Å². The Bertz CT molecular complexity index is 910. The van der Waals surface area contributed by atoms with Gasteiger partial charge in [-0.1, -0.05) is 0 Å². The Morgan fingerprint density at radius 3 is 2.74 bits per heavy atom. The molecule has 1 heterocycles. The van der Waals surface area contributed by atoms with Crippen LogP contribution in [0.25, 0.3) is 11.1 Å². The summed E-state index contributed by atoms with van der Waals surface area (Å²) in [5, 5.41) is 12.1. The summed E-state index contributed by atoms with van der Waals surface area (Å²) in [5.41, 5.74) is 3.82. The molecule has 8 heteroatoms. The van der Waals surface area contributed by atoms with E-state index in [1.54, 1.807) is 11.5 Å². The van der Waals surface area contributed by atoms with Crippen molar-refractivity contribution in [2.24, 2.45) is 0 Å². The molecule has 0 saturated heterocycles. The number of hydrogen-bond donors (Lipinski definition) is 3. The summed E-state index contributed by atoms with van der Waals surface area (Å²) in [7, 11) is 0. The van der Waals surface area contributed by atoms with Crippen LogP contribution in [0.4, 0.5) is 15.8 Å². The highest BCUT2D eigenvalue weighted by Gasteiger charge is 2.20. The molecule has 3 N–H and O–H groups in total. The summed E-state index contributed by atoms with van der Waals surface area (Å²) in [6, 6.07) is 8.82. The van der Waals surface area contributed by atoms with Gasteiger partial charge >= 0.3 is 6.14 Å². The standard InChI is InChI=1S/C15H11FIN3O3/c1-7-6-8(17)2-3-9(7)18-10-4-5-11-13(19-15(16)23-11)12(10)14(21)20-22/h2-6,18,22H,1H3,(H,20,21). The lowest BCUT2D eigenvalue weighted by molar-refractivity contribution is 0.0709. The van der Waals surface area contributed by atoms with Crippen LogP contribution < -0.4 is 10.8 Å². The van der Waals surface area contributed by atoms with E-state index in [0.29, 0.717) is 5.69 Å². The maximum atomic E-state index is 13.2. The van der Waals surface area contributed by atoms with Crippen LogP contribution in [0.1, 0.15) is 15.9 Å². The van der Waals surface area contributed by atoms with Gasteiger partial charge in [0.25, 0.3) is 5.91 Å².